The van der Waals surface area contributed by atoms with Crippen LogP contribution in [0.15, 0.2) is 6.20 Å². The summed E-state index contributed by atoms with van der Waals surface area (Å²) < 4.78 is 5.75. The zero-order chi connectivity index (χ0) is 13.9. The number of thiazole rings is 1. The molecule has 1 aliphatic rings. The lowest BCUT2D eigenvalue weighted by atomic mass is 10.1. The van der Waals surface area contributed by atoms with Gasteiger partial charge in [0.05, 0.1) is 12.2 Å². The van der Waals surface area contributed by atoms with Crippen LogP contribution in [0.3, 0.4) is 0 Å². The molecule has 1 aromatic heterocycles. The number of nitrogens with zero attached hydrogens (tertiary/aromatic N) is 2. The maximum absolute atomic E-state index is 5.75. The Kier molecular flexibility index (Phi) is 4.81. The van der Waals surface area contributed by atoms with E-state index in [2.05, 4.69) is 42.9 Å². The van der Waals surface area contributed by atoms with Crippen molar-refractivity contribution in [1.29, 1.82) is 0 Å². The van der Waals surface area contributed by atoms with Crippen LogP contribution >= 0.6 is 11.3 Å². The molecule has 0 saturated carbocycles. The van der Waals surface area contributed by atoms with Crippen molar-refractivity contribution in [1.82, 2.24) is 10.3 Å². The Morgan fingerprint density at radius 3 is 3.05 bits per heavy atom. The van der Waals surface area contributed by atoms with Crippen molar-refractivity contribution in [3.8, 4) is 0 Å². The van der Waals surface area contributed by atoms with Gasteiger partial charge in [0.25, 0.3) is 0 Å². The summed E-state index contributed by atoms with van der Waals surface area (Å²) in [5.41, 5.74) is -0.0733. The second-order valence-electron chi connectivity index (χ2n) is 5.75. The molecule has 0 aromatic carbocycles. The van der Waals surface area contributed by atoms with Crippen LogP contribution in [0.1, 0.15) is 45.0 Å². The molecule has 4 nitrogen and oxygen atoms in total. The second-order valence-corrected chi connectivity index (χ2v) is 6.79. The van der Waals surface area contributed by atoms with Crippen LogP contribution in [0.4, 0.5) is 5.13 Å². The lowest BCUT2D eigenvalue weighted by Gasteiger charge is -2.38. The normalized spacial score (nSPS) is 20.5. The average Bonchev–Trinajstić information content (AvgIpc) is 2.84. The molecule has 2 rings (SSSR count). The van der Waals surface area contributed by atoms with Gasteiger partial charge in [-0.05, 0) is 33.7 Å². The van der Waals surface area contributed by atoms with Crippen LogP contribution in [0, 0.1) is 0 Å². The summed E-state index contributed by atoms with van der Waals surface area (Å²) in [5.74, 6) is 0. The molecule has 1 unspecified atom stereocenters. The molecule has 0 bridgehead atoms. The number of rotatable bonds is 5. The van der Waals surface area contributed by atoms with Crippen molar-refractivity contribution in [2.75, 3.05) is 31.1 Å². The van der Waals surface area contributed by atoms with Crippen LogP contribution in [0.2, 0.25) is 0 Å². The van der Waals surface area contributed by atoms with E-state index in [-0.39, 0.29) is 5.60 Å². The van der Waals surface area contributed by atoms with Crippen LogP contribution in [0.25, 0.3) is 0 Å². The molecular weight excluding hydrogens is 258 g/mol. The van der Waals surface area contributed by atoms with E-state index in [1.807, 2.05) is 6.20 Å². The third kappa shape index (κ3) is 3.91. The van der Waals surface area contributed by atoms with Gasteiger partial charge < -0.3 is 15.0 Å². The fourth-order valence-corrected chi connectivity index (χ4v) is 3.23. The molecular formula is C14H25N3OS. The van der Waals surface area contributed by atoms with Crippen molar-refractivity contribution >= 4 is 16.5 Å². The molecule has 2 heterocycles. The minimum atomic E-state index is -0.0733. The third-order valence-electron chi connectivity index (χ3n) is 3.33. The van der Waals surface area contributed by atoms with E-state index in [4.69, 9.17) is 4.74 Å². The zero-order valence-corrected chi connectivity index (χ0v) is 13.2. The van der Waals surface area contributed by atoms with E-state index in [1.54, 1.807) is 11.3 Å². The Bertz CT molecular complexity index is 405. The van der Waals surface area contributed by atoms with Crippen LogP contribution in [0.5, 0.6) is 0 Å². The van der Waals surface area contributed by atoms with Crippen molar-refractivity contribution in [2.24, 2.45) is 0 Å². The van der Waals surface area contributed by atoms with Gasteiger partial charge in [0.15, 0.2) is 5.13 Å². The summed E-state index contributed by atoms with van der Waals surface area (Å²) in [6.45, 7) is 12.4. The van der Waals surface area contributed by atoms with Crippen molar-refractivity contribution in [3.63, 3.8) is 0 Å². The Labute approximate surface area is 120 Å². The van der Waals surface area contributed by atoms with Gasteiger partial charge in [0.1, 0.15) is 0 Å². The highest BCUT2D eigenvalue weighted by molar-refractivity contribution is 7.15. The van der Waals surface area contributed by atoms with E-state index in [1.165, 1.54) is 4.88 Å². The summed E-state index contributed by atoms with van der Waals surface area (Å²) in [4.78, 5) is 8.23. The second kappa shape index (κ2) is 6.20. The predicted molar refractivity (Wildman–Crippen MR) is 81.1 cm³/mol. The van der Waals surface area contributed by atoms with E-state index < -0.39 is 0 Å². The predicted octanol–water partition coefficient (Wildman–Crippen LogP) is 2.82. The van der Waals surface area contributed by atoms with Gasteiger partial charge in [0, 0.05) is 30.2 Å². The fraction of sp³-hybridized carbons (Fsp3) is 0.786. The number of anilines is 1. The Morgan fingerprint density at radius 2 is 2.37 bits per heavy atom. The average molecular weight is 283 g/mol. The first-order chi connectivity index (χ1) is 9.02. The van der Waals surface area contributed by atoms with Crippen LogP contribution < -0.4 is 10.2 Å². The molecule has 5 heteroatoms. The lowest BCUT2D eigenvalue weighted by molar-refractivity contribution is -0.0277. The molecule has 19 heavy (non-hydrogen) atoms. The molecule has 1 aliphatic heterocycles. The van der Waals surface area contributed by atoms with Gasteiger partial charge in [0.2, 0.25) is 0 Å². The summed E-state index contributed by atoms with van der Waals surface area (Å²) in [6, 6.07) is 0.389. The SMILES string of the molecule is CCCNC(C)c1cnc(N2CCOC(C)(C)C2)s1. The number of ether oxygens (including phenoxy) is 1. The highest BCUT2D eigenvalue weighted by Gasteiger charge is 2.28. The largest absolute Gasteiger partial charge is 0.372 e. The summed E-state index contributed by atoms with van der Waals surface area (Å²) in [5, 5.41) is 4.63. The summed E-state index contributed by atoms with van der Waals surface area (Å²) in [6.07, 6.45) is 3.17. The molecule has 1 aromatic rings. The topological polar surface area (TPSA) is 37.4 Å². The first-order valence-electron chi connectivity index (χ1n) is 7.10. The molecule has 1 N–H and O–H groups in total. The molecule has 108 valence electrons. The van der Waals surface area contributed by atoms with Crippen molar-refractivity contribution in [3.05, 3.63) is 11.1 Å². The Morgan fingerprint density at radius 1 is 1.58 bits per heavy atom. The van der Waals surface area contributed by atoms with E-state index in [0.29, 0.717) is 6.04 Å². The molecule has 1 saturated heterocycles. The van der Waals surface area contributed by atoms with Gasteiger partial charge in [-0.3, -0.25) is 0 Å². The molecule has 0 aliphatic carbocycles. The minimum absolute atomic E-state index is 0.0733. The van der Waals surface area contributed by atoms with E-state index in [9.17, 15) is 0 Å². The number of aromatic nitrogens is 1. The van der Waals surface area contributed by atoms with Crippen molar-refractivity contribution in [2.45, 2.75) is 45.8 Å². The first-order valence-corrected chi connectivity index (χ1v) is 7.91. The summed E-state index contributed by atoms with van der Waals surface area (Å²) in [7, 11) is 0. The zero-order valence-electron chi connectivity index (χ0n) is 12.4. The van der Waals surface area contributed by atoms with Gasteiger partial charge in [-0.1, -0.05) is 6.92 Å². The highest BCUT2D eigenvalue weighted by Crippen LogP contribution is 2.30. The molecule has 0 amide bonds. The van der Waals surface area contributed by atoms with Gasteiger partial charge in [-0.25, -0.2) is 4.98 Å². The van der Waals surface area contributed by atoms with Crippen molar-refractivity contribution < 1.29 is 4.74 Å². The lowest BCUT2D eigenvalue weighted by Crippen LogP contribution is -2.48. The quantitative estimate of drug-likeness (QED) is 0.901. The third-order valence-corrected chi connectivity index (χ3v) is 4.58. The monoisotopic (exact) mass is 283 g/mol. The molecule has 0 radical (unpaired) electrons. The fourth-order valence-electron chi connectivity index (χ4n) is 2.26. The standard InChI is InChI=1S/C14H25N3OS/c1-5-6-15-11(2)12-9-16-13(19-12)17-7-8-18-14(3,4)10-17/h9,11,15H,5-8,10H2,1-4H3. The minimum Gasteiger partial charge on any atom is -0.372 e. The maximum atomic E-state index is 5.75. The number of morpholine rings is 1. The van der Waals surface area contributed by atoms with Crippen LogP contribution in [-0.4, -0.2) is 36.8 Å². The van der Waals surface area contributed by atoms with Crippen LogP contribution in [-0.2, 0) is 4.74 Å². The maximum Gasteiger partial charge on any atom is 0.185 e. The van der Waals surface area contributed by atoms with E-state index >= 15 is 0 Å². The van der Waals surface area contributed by atoms with Gasteiger partial charge in [-0.15, -0.1) is 11.3 Å². The highest BCUT2D eigenvalue weighted by atomic mass is 32.1. The number of hydrogen-bond donors (Lipinski definition) is 1. The smallest absolute Gasteiger partial charge is 0.185 e. The van der Waals surface area contributed by atoms with Gasteiger partial charge in [-0.2, -0.15) is 0 Å². The Hall–Kier alpha value is -0.650. The molecule has 1 atom stereocenters. The Balaban J connectivity index is 2.00. The first kappa shape index (κ1) is 14.8. The molecule has 1 fully saturated rings. The van der Waals surface area contributed by atoms with E-state index in [0.717, 1.165) is 37.8 Å². The van der Waals surface area contributed by atoms with Gasteiger partial charge >= 0.3 is 0 Å². The summed E-state index contributed by atoms with van der Waals surface area (Å²) >= 11 is 1.80. The number of hydrogen-bond acceptors (Lipinski definition) is 5. The molecule has 0 spiro atoms. The number of nitrogens with one attached hydrogen (secondary N) is 1.